The van der Waals surface area contributed by atoms with Crippen molar-refractivity contribution >= 4 is 11.4 Å². The second-order valence-corrected chi connectivity index (χ2v) is 5.44. The lowest BCUT2D eigenvalue weighted by Crippen LogP contribution is -2.48. The summed E-state index contributed by atoms with van der Waals surface area (Å²) in [7, 11) is 0. The first-order valence-corrected chi connectivity index (χ1v) is 6.82. The fourth-order valence-corrected chi connectivity index (χ4v) is 2.71. The van der Waals surface area contributed by atoms with Crippen molar-refractivity contribution in [3.8, 4) is 0 Å². The molecule has 0 unspecified atom stereocenters. The minimum absolute atomic E-state index is 0.0444. The zero-order valence-corrected chi connectivity index (χ0v) is 11.5. The molecule has 4 heterocycles. The molecule has 3 aromatic heterocycles. The molecule has 0 aromatic carbocycles. The Bertz CT molecular complexity index is 800. The van der Waals surface area contributed by atoms with Gasteiger partial charge >= 0.3 is 0 Å². The van der Waals surface area contributed by atoms with Crippen molar-refractivity contribution in [3.05, 3.63) is 47.5 Å². The van der Waals surface area contributed by atoms with Gasteiger partial charge < -0.3 is 9.30 Å². The molecule has 7 nitrogen and oxygen atoms in total. The number of pyridine rings is 1. The van der Waals surface area contributed by atoms with Crippen LogP contribution in [0.5, 0.6) is 0 Å². The van der Waals surface area contributed by atoms with Crippen LogP contribution in [0.25, 0.3) is 5.52 Å². The SMILES string of the molecule is Cc1cc2ccc(C(=O)N3CC(c4nn[nH]n4)C3)cn2c1. The maximum absolute atomic E-state index is 12.4. The summed E-state index contributed by atoms with van der Waals surface area (Å²) >= 11 is 0. The van der Waals surface area contributed by atoms with Crippen LogP contribution >= 0.6 is 0 Å². The molecule has 4 rings (SSSR count). The summed E-state index contributed by atoms with van der Waals surface area (Å²) in [5.74, 6) is 0.906. The summed E-state index contributed by atoms with van der Waals surface area (Å²) in [6.07, 6.45) is 3.90. The molecule has 0 saturated carbocycles. The van der Waals surface area contributed by atoms with Gasteiger partial charge in [-0.1, -0.05) is 5.21 Å². The Hall–Kier alpha value is -2.70. The lowest BCUT2D eigenvalue weighted by molar-refractivity contribution is 0.0594. The number of nitrogens with one attached hydrogen (secondary N) is 1. The normalized spacial score (nSPS) is 15.4. The van der Waals surface area contributed by atoms with Crippen molar-refractivity contribution in [3.63, 3.8) is 0 Å². The van der Waals surface area contributed by atoms with E-state index in [1.54, 1.807) is 4.90 Å². The molecule has 7 heteroatoms. The summed E-state index contributed by atoms with van der Waals surface area (Å²) in [5, 5.41) is 13.9. The van der Waals surface area contributed by atoms with E-state index in [0.29, 0.717) is 24.5 Å². The number of hydrogen-bond donors (Lipinski definition) is 1. The Balaban J connectivity index is 1.52. The zero-order valence-electron chi connectivity index (χ0n) is 11.5. The van der Waals surface area contributed by atoms with Gasteiger partial charge in [0, 0.05) is 31.0 Å². The highest BCUT2D eigenvalue weighted by molar-refractivity contribution is 5.95. The van der Waals surface area contributed by atoms with E-state index in [4.69, 9.17) is 0 Å². The predicted octanol–water partition coefficient (Wildman–Crippen LogP) is 1.00. The van der Waals surface area contributed by atoms with Crippen LogP contribution in [0.15, 0.2) is 30.6 Å². The van der Waals surface area contributed by atoms with Gasteiger partial charge in [-0.2, -0.15) is 5.21 Å². The molecular formula is C14H14N6O. The van der Waals surface area contributed by atoms with Crippen LogP contribution < -0.4 is 0 Å². The van der Waals surface area contributed by atoms with E-state index < -0.39 is 0 Å². The topological polar surface area (TPSA) is 79.2 Å². The van der Waals surface area contributed by atoms with Crippen LogP contribution in [0.3, 0.4) is 0 Å². The molecule has 3 aromatic rings. The van der Waals surface area contributed by atoms with E-state index in [0.717, 1.165) is 5.52 Å². The Labute approximate surface area is 120 Å². The van der Waals surface area contributed by atoms with E-state index in [9.17, 15) is 4.79 Å². The summed E-state index contributed by atoms with van der Waals surface area (Å²) in [6, 6.07) is 5.93. The fourth-order valence-electron chi connectivity index (χ4n) is 2.71. The second kappa shape index (κ2) is 4.41. The van der Waals surface area contributed by atoms with Crippen molar-refractivity contribution < 1.29 is 4.79 Å². The number of aryl methyl sites for hydroxylation is 1. The summed E-state index contributed by atoms with van der Waals surface area (Å²) in [4.78, 5) is 14.2. The van der Waals surface area contributed by atoms with E-state index in [2.05, 4.69) is 26.7 Å². The van der Waals surface area contributed by atoms with Gasteiger partial charge in [-0.05, 0) is 30.7 Å². The number of tetrazole rings is 1. The number of nitrogens with zero attached hydrogens (tertiary/aromatic N) is 5. The molecule has 1 fully saturated rings. The van der Waals surface area contributed by atoms with Crippen molar-refractivity contribution in [2.45, 2.75) is 12.8 Å². The van der Waals surface area contributed by atoms with Crippen molar-refractivity contribution in [1.29, 1.82) is 0 Å². The lowest BCUT2D eigenvalue weighted by atomic mass is 9.98. The monoisotopic (exact) mass is 282 g/mol. The van der Waals surface area contributed by atoms with Gasteiger partial charge in [-0.3, -0.25) is 4.79 Å². The minimum atomic E-state index is 0.0444. The number of aromatic amines is 1. The number of fused-ring (bicyclic) bond motifs is 1. The number of likely N-dealkylation sites (tertiary alicyclic amines) is 1. The van der Waals surface area contributed by atoms with Crippen molar-refractivity contribution in [2.24, 2.45) is 0 Å². The highest BCUT2D eigenvalue weighted by Gasteiger charge is 2.34. The summed E-state index contributed by atoms with van der Waals surface area (Å²) in [6.45, 7) is 3.32. The third-order valence-corrected chi connectivity index (χ3v) is 3.87. The molecular weight excluding hydrogens is 268 g/mol. The highest BCUT2D eigenvalue weighted by atomic mass is 16.2. The molecule has 0 atom stereocenters. The summed E-state index contributed by atoms with van der Waals surface area (Å²) < 4.78 is 1.99. The average Bonchev–Trinajstić information content (AvgIpc) is 3.04. The number of H-pyrrole nitrogens is 1. The first-order chi connectivity index (χ1) is 10.2. The molecule has 1 saturated heterocycles. The van der Waals surface area contributed by atoms with Gasteiger partial charge in [-0.15, -0.1) is 10.2 Å². The predicted molar refractivity (Wildman–Crippen MR) is 75.0 cm³/mol. The van der Waals surface area contributed by atoms with Crippen LogP contribution in [-0.4, -0.2) is 48.9 Å². The maximum Gasteiger partial charge on any atom is 0.255 e. The Morgan fingerprint density at radius 1 is 1.33 bits per heavy atom. The van der Waals surface area contributed by atoms with Gasteiger partial charge in [-0.25, -0.2) is 0 Å². The van der Waals surface area contributed by atoms with E-state index >= 15 is 0 Å². The van der Waals surface area contributed by atoms with Crippen molar-refractivity contribution in [2.75, 3.05) is 13.1 Å². The Morgan fingerprint density at radius 3 is 2.95 bits per heavy atom. The number of amides is 1. The third kappa shape index (κ3) is 1.97. The number of hydrogen-bond acceptors (Lipinski definition) is 4. The van der Waals surface area contributed by atoms with Gasteiger partial charge in [0.2, 0.25) is 0 Å². The molecule has 1 amide bonds. The van der Waals surface area contributed by atoms with E-state index in [1.165, 1.54) is 5.56 Å². The Kier molecular flexibility index (Phi) is 2.53. The average molecular weight is 282 g/mol. The number of aromatic nitrogens is 5. The van der Waals surface area contributed by atoms with Gasteiger partial charge in [0.25, 0.3) is 5.91 Å². The molecule has 0 spiro atoms. The van der Waals surface area contributed by atoms with Crippen LogP contribution in [0.1, 0.15) is 27.7 Å². The zero-order chi connectivity index (χ0) is 14.4. The van der Waals surface area contributed by atoms with E-state index in [-0.39, 0.29) is 11.8 Å². The van der Waals surface area contributed by atoms with Gasteiger partial charge in [0.05, 0.1) is 11.5 Å². The fraction of sp³-hybridized carbons (Fsp3) is 0.286. The molecule has 0 aliphatic carbocycles. The molecule has 1 N–H and O–H groups in total. The smallest absolute Gasteiger partial charge is 0.255 e. The van der Waals surface area contributed by atoms with Crippen LogP contribution in [0.2, 0.25) is 0 Å². The molecule has 1 aliphatic rings. The Morgan fingerprint density at radius 2 is 2.19 bits per heavy atom. The minimum Gasteiger partial charge on any atom is -0.337 e. The number of rotatable bonds is 2. The largest absolute Gasteiger partial charge is 0.337 e. The molecule has 106 valence electrons. The summed E-state index contributed by atoms with van der Waals surface area (Å²) in [5.41, 5.74) is 2.97. The molecule has 0 radical (unpaired) electrons. The molecule has 0 bridgehead atoms. The highest BCUT2D eigenvalue weighted by Crippen LogP contribution is 2.25. The first-order valence-electron chi connectivity index (χ1n) is 6.82. The first kappa shape index (κ1) is 12.1. The number of carbonyl (C=O) groups is 1. The quantitative estimate of drug-likeness (QED) is 0.760. The van der Waals surface area contributed by atoms with Crippen LogP contribution in [0.4, 0.5) is 0 Å². The standard InChI is InChI=1S/C14H14N6O/c1-9-4-12-3-2-10(6-19(12)5-9)14(21)20-7-11(8-20)13-15-17-18-16-13/h2-6,11H,7-8H2,1H3,(H,15,16,17,18). The number of carbonyl (C=O) groups excluding carboxylic acids is 1. The molecule has 21 heavy (non-hydrogen) atoms. The maximum atomic E-state index is 12.4. The molecule has 1 aliphatic heterocycles. The van der Waals surface area contributed by atoms with E-state index in [1.807, 2.05) is 35.9 Å². The van der Waals surface area contributed by atoms with Crippen LogP contribution in [0, 0.1) is 6.92 Å². The van der Waals surface area contributed by atoms with Gasteiger partial charge in [0.15, 0.2) is 5.82 Å². The van der Waals surface area contributed by atoms with Crippen LogP contribution in [-0.2, 0) is 0 Å². The second-order valence-electron chi connectivity index (χ2n) is 5.44. The van der Waals surface area contributed by atoms with Crippen molar-refractivity contribution in [1.82, 2.24) is 29.9 Å². The third-order valence-electron chi connectivity index (χ3n) is 3.87. The van der Waals surface area contributed by atoms with Gasteiger partial charge in [0.1, 0.15) is 0 Å². The lowest BCUT2D eigenvalue weighted by Gasteiger charge is -2.37.